The third kappa shape index (κ3) is 4.65. The normalized spacial score (nSPS) is 21.6. The molecule has 9 heteroatoms. The van der Waals surface area contributed by atoms with Crippen LogP contribution in [-0.2, 0) is 9.59 Å². The molecular formula is C14H23N5O4. The average Bonchev–Trinajstić information content (AvgIpc) is 2.88. The molecule has 0 bridgehead atoms. The zero-order valence-corrected chi connectivity index (χ0v) is 13.5. The number of amides is 2. The van der Waals surface area contributed by atoms with Gasteiger partial charge in [0, 0.05) is 36.9 Å². The van der Waals surface area contributed by atoms with Gasteiger partial charge in [-0.1, -0.05) is 20.8 Å². The maximum atomic E-state index is 12.0. The molecule has 1 saturated heterocycles. The molecule has 3 unspecified atom stereocenters. The van der Waals surface area contributed by atoms with Crippen LogP contribution in [0.2, 0.25) is 0 Å². The number of hydrogen-bond acceptors (Lipinski definition) is 6. The van der Waals surface area contributed by atoms with Crippen LogP contribution in [0.1, 0.15) is 27.2 Å². The number of H-pyrrole nitrogens is 1. The van der Waals surface area contributed by atoms with Crippen LogP contribution in [0.5, 0.6) is 0 Å². The van der Waals surface area contributed by atoms with Gasteiger partial charge in [0.25, 0.3) is 0 Å². The maximum Gasteiger partial charge on any atom is 0.435 e. The zero-order valence-electron chi connectivity index (χ0n) is 13.5. The Hall–Kier alpha value is -2.16. The van der Waals surface area contributed by atoms with Crippen molar-refractivity contribution in [2.75, 3.05) is 18.4 Å². The van der Waals surface area contributed by atoms with Crippen LogP contribution in [0.15, 0.2) is 9.21 Å². The van der Waals surface area contributed by atoms with Gasteiger partial charge in [-0.3, -0.25) is 14.9 Å². The molecule has 1 fully saturated rings. The molecule has 4 N–H and O–H groups in total. The van der Waals surface area contributed by atoms with Gasteiger partial charge in [0.05, 0.1) is 0 Å². The largest absolute Gasteiger partial charge is 0.435 e. The Bertz CT molecular complexity index is 608. The number of carbonyl (C=O) groups is 2. The first kappa shape index (κ1) is 17.2. The lowest BCUT2D eigenvalue weighted by Gasteiger charge is -2.39. The van der Waals surface area contributed by atoms with Crippen LogP contribution in [0.25, 0.3) is 0 Å². The number of nitrogens with zero attached hydrogens (tertiary/aromatic N) is 1. The van der Waals surface area contributed by atoms with E-state index in [0.717, 1.165) is 6.54 Å². The highest BCUT2D eigenvalue weighted by Gasteiger charge is 2.33. The van der Waals surface area contributed by atoms with Crippen LogP contribution < -0.4 is 21.7 Å². The SMILES string of the molecule is CC(C)C(=O)NCC1CNC1CC(C)C(=O)Nc1n[nH]c(=O)o1. The number of aromatic amines is 1. The van der Waals surface area contributed by atoms with Crippen LogP contribution in [-0.4, -0.2) is 41.1 Å². The summed E-state index contributed by atoms with van der Waals surface area (Å²) in [5, 5.41) is 14.3. The molecule has 128 valence electrons. The molecule has 1 aromatic heterocycles. The van der Waals surface area contributed by atoms with E-state index < -0.39 is 5.76 Å². The van der Waals surface area contributed by atoms with Gasteiger partial charge in [-0.15, -0.1) is 5.10 Å². The smallest absolute Gasteiger partial charge is 0.373 e. The molecule has 2 rings (SSSR count). The first-order chi connectivity index (χ1) is 10.9. The summed E-state index contributed by atoms with van der Waals surface area (Å²) in [6.45, 7) is 6.93. The van der Waals surface area contributed by atoms with E-state index in [2.05, 4.69) is 30.6 Å². The van der Waals surface area contributed by atoms with Crippen LogP contribution in [0, 0.1) is 17.8 Å². The molecule has 0 spiro atoms. The summed E-state index contributed by atoms with van der Waals surface area (Å²) in [6.07, 6.45) is 0.628. The first-order valence-corrected chi connectivity index (χ1v) is 7.74. The molecule has 0 saturated carbocycles. The monoisotopic (exact) mass is 325 g/mol. The molecule has 2 amide bonds. The van der Waals surface area contributed by atoms with E-state index >= 15 is 0 Å². The van der Waals surface area contributed by atoms with Gasteiger partial charge in [-0.25, -0.2) is 9.89 Å². The van der Waals surface area contributed by atoms with E-state index in [1.54, 1.807) is 6.92 Å². The minimum absolute atomic E-state index is 0.0327. The predicted molar refractivity (Wildman–Crippen MR) is 82.7 cm³/mol. The van der Waals surface area contributed by atoms with Crippen molar-refractivity contribution in [1.29, 1.82) is 0 Å². The van der Waals surface area contributed by atoms with Crippen LogP contribution in [0.3, 0.4) is 0 Å². The number of nitrogens with one attached hydrogen (secondary N) is 4. The second-order valence-corrected chi connectivity index (χ2v) is 6.22. The fraction of sp³-hybridized carbons (Fsp3) is 0.714. The third-order valence-corrected chi connectivity index (χ3v) is 4.00. The fourth-order valence-corrected chi connectivity index (χ4v) is 2.38. The maximum absolute atomic E-state index is 12.0. The van der Waals surface area contributed by atoms with E-state index in [-0.39, 0.29) is 35.7 Å². The lowest BCUT2D eigenvalue weighted by Crippen LogP contribution is -2.58. The predicted octanol–water partition coefficient (Wildman–Crippen LogP) is -0.312. The van der Waals surface area contributed by atoms with Gasteiger partial charge in [0.2, 0.25) is 11.8 Å². The van der Waals surface area contributed by atoms with Gasteiger partial charge in [-0.05, 0) is 6.42 Å². The molecule has 0 aromatic carbocycles. The molecular weight excluding hydrogens is 302 g/mol. The van der Waals surface area contributed by atoms with E-state index in [4.69, 9.17) is 0 Å². The lowest BCUT2D eigenvalue weighted by molar-refractivity contribution is -0.124. The summed E-state index contributed by atoms with van der Waals surface area (Å²) < 4.78 is 4.64. The Balaban J connectivity index is 1.76. The molecule has 0 aliphatic carbocycles. The average molecular weight is 325 g/mol. The fourth-order valence-electron chi connectivity index (χ4n) is 2.38. The van der Waals surface area contributed by atoms with E-state index in [0.29, 0.717) is 18.9 Å². The minimum Gasteiger partial charge on any atom is -0.373 e. The second kappa shape index (κ2) is 7.40. The third-order valence-electron chi connectivity index (χ3n) is 4.00. The number of hydrogen-bond donors (Lipinski definition) is 4. The molecule has 3 atom stereocenters. The van der Waals surface area contributed by atoms with Crippen molar-refractivity contribution in [2.24, 2.45) is 17.8 Å². The Morgan fingerprint density at radius 2 is 2.09 bits per heavy atom. The van der Waals surface area contributed by atoms with Crippen molar-refractivity contribution in [3.8, 4) is 0 Å². The Morgan fingerprint density at radius 3 is 2.61 bits per heavy atom. The van der Waals surface area contributed by atoms with Gasteiger partial charge in [0.1, 0.15) is 0 Å². The van der Waals surface area contributed by atoms with Gasteiger partial charge in [-0.2, -0.15) is 0 Å². The number of carbonyl (C=O) groups excluding carboxylic acids is 2. The highest BCUT2D eigenvalue weighted by atomic mass is 16.4. The molecule has 1 aliphatic heterocycles. The van der Waals surface area contributed by atoms with Gasteiger partial charge < -0.3 is 15.1 Å². The van der Waals surface area contributed by atoms with E-state index in [9.17, 15) is 14.4 Å². The summed E-state index contributed by atoms with van der Waals surface area (Å²) in [5.74, 6) is -0.937. The highest BCUT2D eigenvalue weighted by Crippen LogP contribution is 2.21. The van der Waals surface area contributed by atoms with Crippen molar-refractivity contribution in [3.05, 3.63) is 10.6 Å². The van der Waals surface area contributed by atoms with Crippen molar-refractivity contribution in [3.63, 3.8) is 0 Å². The van der Waals surface area contributed by atoms with Crippen molar-refractivity contribution in [2.45, 2.75) is 33.2 Å². The first-order valence-electron chi connectivity index (χ1n) is 7.74. The van der Waals surface area contributed by atoms with Crippen LogP contribution >= 0.6 is 0 Å². The van der Waals surface area contributed by atoms with E-state index in [1.165, 1.54) is 0 Å². The second-order valence-electron chi connectivity index (χ2n) is 6.22. The molecule has 2 heterocycles. The quantitative estimate of drug-likeness (QED) is 0.544. The standard InChI is InChI=1S/C14H23N5O4/c1-7(2)11(20)16-6-9-5-15-10(9)4-8(3)12(21)17-13-18-19-14(22)23-13/h7-10,15H,4-6H2,1-3H3,(H,16,20)(H,19,22)(H,17,18,21). The summed E-state index contributed by atoms with van der Waals surface area (Å²) >= 11 is 0. The molecule has 9 nitrogen and oxygen atoms in total. The topological polar surface area (TPSA) is 129 Å². The Morgan fingerprint density at radius 1 is 1.35 bits per heavy atom. The zero-order chi connectivity index (χ0) is 17.0. The van der Waals surface area contributed by atoms with Crippen molar-refractivity contribution < 1.29 is 14.0 Å². The molecule has 0 radical (unpaired) electrons. The van der Waals surface area contributed by atoms with Gasteiger partial charge >= 0.3 is 11.8 Å². The number of aromatic nitrogens is 2. The minimum atomic E-state index is -0.713. The molecule has 1 aliphatic rings. The summed E-state index contributed by atoms with van der Waals surface area (Å²) in [4.78, 5) is 34.4. The lowest BCUT2D eigenvalue weighted by atomic mass is 9.84. The summed E-state index contributed by atoms with van der Waals surface area (Å²) in [5.41, 5.74) is 0. The summed E-state index contributed by atoms with van der Waals surface area (Å²) in [7, 11) is 0. The number of rotatable bonds is 7. The molecule has 1 aromatic rings. The van der Waals surface area contributed by atoms with Crippen molar-refractivity contribution >= 4 is 17.8 Å². The van der Waals surface area contributed by atoms with Crippen LogP contribution in [0.4, 0.5) is 6.01 Å². The van der Waals surface area contributed by atoms with E-state index in [1.807, 2.05) is 13.8 Å². The van der Waals surface area contributed by atoms with Gasteiger partial charge in [0.15, 0.2) is 0 Å². The highest BCUT2D eigenvalue weighted by molar-refractivity contribution is 5.90. The van der Waals surface area contributed by atoms with Crippen molar-refractivity contribution in [1.82, 2.24) is 20.8 Å². The number of anilines is 1. The molecule has 23 heavy (non-hydrogen) atoms. The Labute approximate surface area is 133 Å². The Kier molecular flexibility index (Phi) is 5.54. The summed E-state index contributed by atoms with van der Waals surface area (Å²) in [6, 6.07) is 0.0450.